The van der Waals surface area contributed by atoms with Crippen LogP contribution in [0.5, 0.6) is 6.01 Å². The number of imidazole rings is 1. The molecule has 1 atom stereocenters. The maximum atomic E-state index is 12.6. The number of nitrogens with two attached hydrogens (primary N) is 2. The van der Waals surface area contributed by atoms with Gasteiger partial charge < -0.3 is 20.3 Å². The van der Waals surface area contributed by atoms with Crippen molar-refractivity contribution in [3.05, 3.63) is 5.69 Å². The maximum absolute atomic E-state index is 12.6. The Morgan fingerprint density at radius 2 is 2.12 bits per heavy atom. The second-order valence-electron chi connectivity index (χ2n) is 5.09. The van der Waals surface area contributed by atoms with Crippen LogP contribution in [0.2, 0.25) is 0 Å². The molecule has 24 heavy (non-hydrogen) atoms. The number of rotatable bonds is 5. The lowest BCUT2D eigenvalue weighted by Gasteiger charge is -2.38. The van der Waals surface area contributed by atoms with Crippen LogP contribution in [0.25, 0.3) is 0 Å². The van der Waals surface area contributed by atoms with Gasteiger partial charge in [0, 0.05) is 6.42 Å². The minimum Gasteiger partial charge on any atom is -0.468 e. The van der Waals surface area contributed by atoms with E-state index in [9.17, 15) is 18.0 Å². The maximum Gasteiger partial charge on any atom is 0.493 e. The van der Waals surface area contributed by atoms with Crippen molar-refractivity contribution in [3.63, 3.8) is 0 Å². The molecule has 0 aliphatic carbocycles. The highest BCUT2D eigenvalue weighted by atomic mass is 19.4. The summed E-state index contributed by atoms with van der Waals surface area (Å²) in [5, 5.41) is 0.517. The van der Waals surface area contributed by atoms with Gasteiger partial charge in [0.25, 0.3) is 6.01 Å². The molecule has 0 saturated heterocycles. The van der Waals surface area contributed by atoms with Crippen LogP contribution in [0, 0.1) is 0 Å². The van der Waals surface area contributed by atoms with E-state index in [0.29, 0.717) is 17.9 Å². The third-order valence-corrected chi connectivity index (χ3v) is 3.27. The molecule has 0 bridgehead atoms. The lowest BCUT2D eigenvalue weighted by Crippen LogP contribution is -2.60. The van der Waals surface area contributed by atoms with Crippen LogP contribution in [0.3, 0.4) is 0 Å². The van der Waals surface area contributed by atoms with E-state index in [4.69, 9.17) is 16.2 Å². The standard InChI is InChI=1S/C12H17F3N6O3/c1-3-4-5-11(17)20-7(16)6-8(19-10(18-6)23-2)21(11)24-9(22)12(13,14)15/h3-5,17H2,1-2H3,(H2,16,20)(H,18,19). The van der Waals surface area contributed by atoms with Gasteiger partial charge in [-0.15, -0.1) is 5.06 Å². The minimum atomic E-state index is -5.21. The van der Waals surface area contributed by atoms with E-state index in [0.717, 1.165) is 0 Å². The molecule has 2 heterocycles. The van der Waals surface area contributed by atoms with Crippen molar-refractivity contribution in [2.45, 2.75) is 38.1 Å². The normalized spacial score (nSPS) is 20.4. The van der Waals surface area contributed by atoms with Crippen LogP contribution in [-0.2, 0) is 9.63 Å². The fourth-order valence-corrected chi connectivity index (χ4v) is 2.11. The molecule has 1 aliphatic rings. The zero-order valence-corrected chi connectivity index (χ0v) is 13.0. The van der Waals surface area contributed by atoms with E-state index in [1.54, 1.807) is 0 Å². The highest BCUT2D eigenvalue weighted by molar-refractivity contribution is 6.02. The quantitative estimate of drug-likeness (QED) is 0.714. The third kappa shape index (κ3) is 3.22. The second-order valence-corrected chi connectivity index (χ2v) is 5.09. The molecule has 0 spiro atoms. The number of anilines is 1. The fraction of sp³-hybridized carbons (Fsp3) is 0.583. The molecule has 0 amide bonds. The monoisotopic (exact) mass is 350 g/mol. The molecule has 5 N–H and O–H groups in total. The van der Waals surface area contributed by atoms with Gasteiger partial charge in [0.2, 0.25) is 11.6 Å². The second kappa shape index (κ2) is 6.19. The number of halogens is 3. The van der Waals surface area contributed by atoms with Crippen LogP contribution in [0.15, 0.2) is 4.99 Å². The minimum absolute atomic E-state index is 0.0411. The van der Waals surface area contributed by atoms with Crippen molar-refractivity contribution in [1.82, 2.24) is 9.97 Å². The van der Waals surface area contributed by atoms with Crippen LogP contribution < -0.4 is 21.3 Å². The predicted molar refractivity (Wildman–Crippen MR) is 76.9 cm³/mol. The Kier molecular flexibility index (Phi) is 4.60. The van der Waals surface area contributed by atoms with E-state index in [1.165, 1.54) is 7.11 Å². The number of fused-ring (bicyclic) bond motifs is 1. The first kappa shape index (κ1) is 17.8. The Labute approximate surface area is 134 Å². The lowest BCUT2D eigenvalue weighted by molar-refractivity contribution is -0.203. The number of unbranched alkanes of at least 4 members (excludes halogenated alkanes) is 1. The lowest BCUT2D eigenvalue weighted by atomic mass is 10.1. The zero-order chi connectivity index (χ0) is 18.1. The van der Waals surface area contributed by atoms with Crippen molar-refractivity contribution in [1.29, 1.82) is 0 Å². The van der Waals surface area contributed by atoms with Gasteiger partial charge in [-0.3, -0.25) is 5.73 Å². The van der Waals surface area contributed by atoms with Gasteiger partial charge in [0.1, 0.15) is 5.69 Å². The van der Waals surface area contributed by atoms with E-state index in [1.807, 2.05) is 6.92 Å². The van der Waals surface area contributed by atoms with Gasteiger partial charge in [-0.25, -0.2) is 9.79 Å². The fourth-order valence-electron chi connectivity index (χ4n) is 2.11. The SMILES string of the molecule is CCCCC1(N)N=C(N)c2[nH]c(OC)nc2N1OC(=O)C(F)(F)F. The number of ether oxygens (including phenoxy) is 1. The Morgan fingerprint density at radius 3 is 2.67 bits per heavy atom. The van der Waals surface area contributed by atoms with Crippen molar-refractivity contribution < 1.29 is 27.5 Å². The van der Waals surface area contributed by atoms with Gasteiger partial charge in [-0.05, 0) is 6.42 Å². The number of nitrogens with one attached hydrogen (secondary N) is 1. The Morgan fingerprint density at radius 1 is 1.46 bits per heavy atom. The number of H-pyrrole nitrogens is 1. The average Bonchev–Trinajstić information content (AvgIpc) is 2.93. The molecule has 134 valence electrons. The van der Waals surface area contributed by atoms with Crippen LogP contribution in [-0.4, -0.2) is 40.8 Å². The Hall–Kier alpha value is -2.50. The van der Waals surface area contributed by atoms with E-state index >= 15 is 0 Å². The molecule has 0 aromatic carbocycles. The van der Waals surface area contributed by atoms with Gasteiger partial charge in [0.15, 0.2) is 5.84 Å². The van der Waals surface area contributed by atoms with Crippen LogP contribution in [0.4, 0.5) is 19.0 Å². The van der Waals surface area contributed by atoms with Gasteiger partial charge >= 0.3 is 12.1 Å². The molecule has 12 heteroatoms. The van der Waals surface area contributed by atoms with Crippen molar-refractivity contribution in [2.24, 2.45) is 16.5 Å². The molecule has 1 aromatic rings. The number of hydrogen-bond acceptors (Lipinski definition) is 8. The topological polar surface area (TPSA) is 132 Å². The molecule has 9 nitrogen and oxygen atoms in total. The highest BCUT2D eigenvalue weighted by Gasteiger charge is 2.49. The number of aromatic amines is 1. The summed E-state index contributed by atoms with van der Waals surface area (Å²) in [7, 11) is 1.29. The van der Waals surface area contributed by atoms with Crippen LogP contribution >= 0.6 is 0 Å². The molecule has 1 unspecified atom stereocenters. The number of hydroxylamine groups is 1. The molecule has 1 aliphatic heterocycles. The number of amidine groups is 1. The molecular formula is C12H17F3N6O3. The van der Waals surface area contributed by atoms with Crippen molar-refractivity contribution in [2.75, 3.05) is 12.2 Å². The zero-order valence-electron chi connectivity index (χ0n) is 13.0. The summed E-state index contributed by atoms with van der Waals surface area (Å²) in [6, 6.07) is -0.0500. The number of hydrogen-bond donors (Lipinski definition) is 3. The number of alkyl halides is 3. The van der Waals surface area contributed by atoms with E-state index in [-0.39, 0.29) is 29.8 Å². The molecule has 0 radical (unpaired) electrons. The Bertz CT molecular complexity index is 659. The summed E-state index contributed by atoms with van der Waals surface area (Å²) in [6.07, 6.45) is -3.93. The summed E-state index contributed by atoms with van der Waals surface area (Å²) in [5.41, 5.74) is 11.9. The first-order valence-corrected chi connectivity index (χ1v) is 7.00. The smallest absolute Gasteiger partial charge is 0.468 e. The summed E-state index contributed by atoms with van der Waals surface area (Å²) in [5.74, 6) is -4.56. The summed E-state index contributed by atoms with van der Waals surface area (Å²) >= 11 is 0. The number of aliphatic imine (C=N–C) groups is 1. The van der Waals surface area contributed by atoms with Gasteiger partial charge in [0.05, 0.1) is 7.11 Å². The largest absolute Gasteiger partial charge is 0.493 e. The summed E-state index contributed by atoms with van der Waals surface area (Å²) < 4.78 is 42.6. The number of aromatic nitrogens is 2. The first-order chi connectivity index (χ1) is 11.1. The number of carbonyl (C=O) groups excluding carboxylic acids is 1. The summed E-state index contributed by atoms with van der Waals surface area (Å²) in [4.78, 5) is 26.2. The van der Waals surface area contributed by atoms with Crippen LogP contribution in [0.1, 0.15) is 31.9 Å². The van der Waals surface area contributed by atoms with E-state index < -0.39 is 17.9 Å². The van der Waals surface area contributed by atoms with Gasteiger partial charge in [-0.1, -0.05) is 13.3 Å². The average molecular weight is 350 g/mol. The highest BCUT2D eigenvalue weighted by Crippen LogP contribution is 2.35. The number of methoxy groups -OCH3 is 1. The molecule has 2 rings (SSSR count). The molecule has 0 fully saturated rings. The number of carbonyl (C=O) groups is 1. The predicted octanol–water partition coefficient (Wildman–Crippen LogP) is 0.767. The van der Waals surface area contributed by atoms with E-state index in [2.05, 4.69) is 19.8 Å². The van der Waals surface area contributed by atoms with Crippen molar-refractivity contribution >= 4 is 17.6 Å². The molecule has 0 saturated carbocycles. The van der Waals surface area contributed by atoms with Gasteiger partial charge in [-0.2, -0.15) is 18.2 Å². The Balaban J connectivity index is 2.47. The third-order valence-electron chi connectivity index (χ3n) is 3.27. The molecular weight excluding hydrogens is 333 g/mol. The molecule has 1 aromatic heterocycles. The number of nitrogens with zero attached hydrogens (tertiary/aromatic N) is 3. The van der Waals surface area contributed by atoms with Crippen molar-refractivity contribution in [3.8, 4) is 6.01 Å². The summed E-state index contributed by atoms with van der Waals surface area (Å²) in [6.45, 7) is 1.86. The first-order valence-electron chi connectivity index (χ1n) is 7.00.